The van der Waals surface area contributed by atoms with Gasteiger partial charge in [0.1, 0.15) is 72.9 Å². The predicted molar refractivity (Wildman–Crippen MR) is 414 cm³/mol. The second-order valence-electron chi connectivity index (χ2n) is 28.8. The van der Waals surface area contributed by atoms with E-state index < -0.39 is 245 Å². The molecule has 638 valence electrons. The molecular weight excluding hydrogens is 1540 g/mol. The largest absolute Gasteiger partial charge is 0.481 e. The van der Waals surface area contributed by atoms with Gasteiger partial charge < -0.3 is 129 Å². The number of benzene rings is 2. The number of aliphatic hydroxyl groups excluding tert-OH is 10. The van der Waals surface area contributed by atoms with Crippen molar-refractivity contribution in [1.82, 2.24) is 47.9 Å². The Morgan fingerprint density at radius 3 is 1.47 bits per heavy atom. The molecule has 2 aliphatic rings. The van der Waals surface area contributed by atoms with Gasteiger partial charge >= 0.3 is 23.9 Å². The number of carboxylic acids is 3. The maximum absolute atomic E-state index is 14.5. The Balaban J connectivity index is 1.44. The summed E-state index contributed by atoms with van der Waals surface area (Å²) in [6, 6.07) is 2.73. The summed E-state index contributed by atoms with van der Waals surface area (Å²) in [6.45, 7) is 1.85. The fraction of sp³-hybridized carbons (Fsp3) is 0.644. The number of carbonyl (C=O) groups excluding carboxylic acids is 11. The van der Waals surface area contributed by atoms with E-state index >= 15 is 0 Å². The van der Waals surface area contributed by atoms with Crippen molar-refractivity contribution in [1.29, 1.82) is 0 Å². The molecule has 2 aromatic carbocycles. The summed E-state index contributed by atoms with van der Waals surface area (Å²) < 4.78 is 0. The zero-order valence-electron chi connectivity index (χ0n) is 64.1. The van der Waals surface area contributed by atoms with Crippen molar-refractivity contribution in [2.45, 2.75) is 234 Å². The SMILES string of the molecule is CSSC[C@H](NC(=O)[C@H](CCC(=O)NC[C@@H](O)[C@H](O)[C@@H](O)[C@@H](O)CO)NC(=O)[C@H](CCC(=O)O)NC(=O)[C@H](CCC(=O)NC[C@@H](O)[C@H](O)[C@@H](O)[C@@H](O)CO)NC(=O)[C@H](CCC(=O)O)NC(=O)CCCCCCCNC(=O)c1cccc(NC(=O)N[C@@H]2CN(C3CCCCC3)c3ccccc3N(CC(=O)C(C)(C)C)C2=O)c1)C(=O)O. The first-order valence-corrected chi connectivity index (χ1v) is 40.3. The van der Waals surface area contributed by atoms with Gasteiger partial charge in [-0.2, -0.15) is 0 Å². The number of anilines is 3. The third-order valence-corrected chi connectivity index (χ3v) is 20.8. The number of rotatable bonds is 51. The monoisotopic (exact) mass is 1650 g/mol. The first kappa shape index (κ1) is 97.5. The quantitative estimate of drug-likeness (QED) is 0.0231. The van der Waals surface area contributed by atoms with Crippen molar-refractivity contribution in [2.75, 3.05) is 73.1 Å². The molecule has 41 heteroatoms. The first-order chi connectivity index (χ1) is 53.9. The summed E-state index contributed by atoms with van der Waals surface area (Å²) >= 11 is 0. The molecule has 11 amide bonds. The fourth-order valence-corrected chi connectivity index (χ4v) is 13.4. The Morgan fingerprint density at radius 1 is 0.526 bits per heavy atom. The van der Waals surface area contributed by atoms with Crippen LogP contribution in [0.2, 0.25) is 0 Å². The van der Waals surface area contributed by atoms with Gasteiger partial charge in [-0.1, -0.05) is 99.1 Å². The molecule has 1 aliphatic carbocycles. The van der Waals surface area contributed by atoms with Crippen molar-refractivity contribution >= 4 is 122 Å². The van der Waals surface area contributed by atoms with Gasteiger partial charge in [0.05, 0.1) is 43.3 Å². The number of nitrogens with one attached hydrogen (secondary N) is 10. The Labute approximate surface area is 666 Å². The highest BCUT2D eigenvalue weighted by atomic mass is 33.1. The number of urea groups is 1. The normalized spacial score (nSPS) is 17.2. The van der Waals surface area contributed by atoms with Crippen molar-refractivity contribution in [2.24, 2.45) is 5.41 Å². The molecule has 23 N–H and O–H groups in total. The van der Waals surface area contributed by atoms with Crippen molar-refractivity contribution in [3.63, 3.8) is 0 Å². The van der Waals surface area contributed by atoms with E-state index in [1.54, 1.807) is 45.2 Å². The molecule has 0 unspecified atom stereocenters. The molecule has 0 aromatic heterocycles. The first-order valence-electron chi connectivity index (χ1n) is 37.6. The zero-order valence-corrected chi connectivity index (χ0v) is 65.7. The fourth-order valence-electron chi connectivity index (χ4n) is 12.1. The average Bonchev–Trinajstić information content (AvgIpc) is 1.62. The maximum Gasteiger partial charge on any atom is 0.327 e. The van der Waals surface area contributed by atoms with Crippen LogP contribution in [-0.4, -0.2) is 298 Å². The van der Waals surface area contributed by atoms with E-state index in [0.717, 1.165) is 59.4 Å². The number of Topliss-reactive ketones (excluding diaryl/α,β-unsaturated/α-hetero) is 1. The topological polar surface area (TPSA) is 629 Å². The minimum atomic E-state index is -2.13. The highest BCUT2D eigenvalue weighted by molar-refractivity contribution is 8.76. The number of nitrogens with zero attached hydrogens (tertiary/aromatic N) is 2. The number of amides is 11. The summed E-state index contributed by atoms with van der Waals surface area (Å²) in [6.07, 6.45) is -13.6. The van der Waals surface area contributed by atoms with Gasteiger partial charge in [-0.05, 0) is 88.0 Å². The number of carboxylic acid groups (broad SMARTS) is 3. The van der Waals surface area contributed by atoms with Crippen LogP contribution in [0.1, 0.15) is 153 Å². The van der Waals surface area contributed by atoms with E-state index in [2.05, 4.69) is 58.1 Å². The number of unbranched alkanes of at least 4 members (excludes halogenated alkanes) is 4. The second-order valence-corrected chi connectivity index (χ2v) is 31.4. The number of aliphatic carboxylic acids is 3. The second kappa shape index (κ2) is 49.8. The molecule has 1 saturated carbocycles. The van der Waals surface area contributed by atoms with Crippen LogP contribution in [0.3, 0.4) is 0 Å². The molecule has 1 fully saturated rings. The van der Waals surface area contributed by atoms with Crippen molar-refractivity contribution in [3.8, 4) is 0 Å². The van der Waals surface area contributed by atoms with Crippen molar-refractivity contribution < 1.29 is 134 Å². The molecular formula is C73H112N12O27S2. The summed E-state index contributed by atoms with van der Waals surface area (Å²) in [5, 5.41) is 153. The van der Waals surface area contributed by atoms with Crippen LogP contribution in [0.5, 0.6) is 0 Å². The van der Waals surface area contributed by atoms with Gasteiger partial charge in [-0.25, -0.2) is 9.59 Å². The smallest absolute Gasteiger partial charge is 0.327 e. The van der Waals surface area contributed by atoms with E-state index in [1.165, 1.54) is 11.0 Å². The van der Waals surface area contributed by atoms with Gasteiger partial charge in [-0.15, -0.1) is 0 Å². The van der Waals surface area contributed by atoms with E-state index in [9.17, 15) is 128 Å². The molecule has 1 aliphatic heterocycles. The Morgan fingerprint density at radius 2 is 0.991 bits per heavy atom. The van der Waals surface area contributed by atoms with Gasteiger partial charge in [0.2, 0.25) is 41.4 Å². The number of ketones is 1. The minimum Gasteiger partial charge on any atom is -0.481 e. The predicted octanol–water partition coefficient (Wildman–Crippen LogP) is -3.04. The lowest BCUT2D eigenvalue weighted by Gasteiger charge is -2.37. The molecule has 14 atom stereocenters. The summed E-state index contributed by atoms with van der Waals surface area (Å²) in [4.78, 5) is 191. The number of fused-ring (bicyclic) bond motifs is 1. The average molecular weight is 1650 g/mol. The van der Waals surface area contributed by atoms with Crippen LogP contribution in [0, 0.1) is 5.41 Å². The van der Waals surface area contributed by atoms with Crippen LogP contribution in [0.25, 0.3) is 0 Å². The highest BCUT2D eigenvalue weighted by Gasteiger charge is 2.41. The van der Waals surface area contributed by atoms with E-state index in [4.69, 9.17) is 5.11 Å². The van der Waals surface area contributed by atoms with Gasteiger partial charge in [-0.3, -0.25) is 57.5 Å². The van der Waals surface area contributed by atoms with E-state index in [1.807, 2.05) is 24.3 Å². The zero-order chi connectivity index (χ0) is 84.9. The molecule has 1 heterocycles. The van der Waals surface area contributed by atoms with Gasteiger partial charge in [0, 0.05) is 86.7 Å². The third kappa shape index (κ3) is 33.5. The number of hydrogen-bond acceptors (Lipinski definition) is 27. The molecule has 0 radical (unpaired) electrons. The molecule has 2 aromatic rings. The molecule has 39 nitrogen and oxygen atoms in total. The number of aliphatic hydroxyl groups is 10. The van der Waals surface area contributed by atoms with Crippen LogP contribution in [-0.2, 0) is 57.5 Å². The lowest BCUT2D eigenvalue weighted by molar-refractivity contribution is -0.142. The van der Waals surface area contributed by atoms with Crippen molar-refractivity contribution in [3.05, 3.63) is 54.1 Å². The summed E-state index contributed by atoms with van der Waals surface area (Å²) in [5.74, 6) is -13.8. The summed E-state index contributed by atoms with van der Waals surface area (Å²) in [7, 11) is 2.14. The van der Waals surface area contributed by atoms with Crippen LogP contribution in [0.4, 0.5) is 21.9 Å². The Kier molecular flexibility index (Phi) is 42.6. The molecule has 0 saturated heterocycles. The summed E-state index contributed by atoms with van der Waals surface area (Å²) in [5.41, 5.74) is 1.09. The van der Waals surface area contributed by atoms with E-state index in [0.29, 0.717) is 31.4 Å². The maximum atomic E-state index is 14.5. The van der Waals surface area contributed by atoms with Crippen LogP contribution in [0.15, 0.2) is 48.5 Å². The lowest BCUT2D eigenvalue weighted by atomic mass is 9.90. The Bertz CT molecular complexity index is 3540. The van der Waals surface area contributed by atoms with E-state index in [-0.39, 0.29) is 61.3 Å². The van der Waals surface area contributed by atoms with Gasteiger partial charge in [0.25, 0.3) is 11.8 Å². The number of carbonyl (C=O) groups is 14. The number of para-hydroxylation sites is 2. The van der Waals surface area contributed by atoms with Crippen LogP contribution >= 0.6 is 21.6 Å². The highest BCUT2D eigenvalue weighted by Crippen LogP contribution is 2.38. The lowest BCUT2D eigenvalue weighted by Crippen LogP contribution is -2.59. The third-order valence-electron chi connectivity index (χ3n) is 18.9. The molecule has 114 heavy (non-hydrogen) atoms. The molecule has 0 spiro atoms. The minimum absolute atomic E-state index is 0.0968. The Hall–Kier alpha value is -8.88. The standard InChI is InChI=1S/C73H112N12O27S2/c1-73(2,3)55(92)36-85-50-21-13-12-20-49(50)84(42-18-9-8-10-19-42)35-47(70(85)109)83-72(112)77-41-17-15-16-40(32-41)65(104)74-31-14-7-5-6-11-22-58(95)78-43(25-29-59(96)97)66(105)79-44(23-27-56(93)75-33-51(88)61(100)63(102)53(90)37-86)67(106)81-46(26-30-60(98)99)68(107)80-45(69(108)82-48(71(110)111)39-114-113-4)24-28-57(94)76-34-52(89)62(101)64(103)54(91)38-87/h12-13,15-17,20-21,32,42-48,51-54,61-64,86-91,100-103H,5-11,14,18-19,22-31,33-39H2,1-4H3,(H,74,104)(H,75,93)(H,76,94)(H,78,95)(H,79,105)(H,80,107)(H,81,106)(H,82,108)(H,96,97)(H,98,99)(H,110,111)(H2,77,83,112)/t43-,44-,45-,46-,47+,48-,51+,52+,53-,54-,61-,62-,63-,64-/m0/s1. The van der Waals surface area contributed by atoms with Gasteiger partial charge in [0.15, 0.2) is 5.78 Å². The van der Waals surface area contributed by atoms with Crippen LogP contribution < -0.4 is 63.0 Å². The molecule has 0 bridgehead atoms. The molecule has 4 rings (SSSR count). The number of hydrogen-bond donors (Lipinski definition) is 23.